The van der Waals surface area contributed by atoms with Gasteiger partial charge in [-0.15, -0.1) is 0 Å². The summed E-state index contributed by atoms with van der Waals surface area (Å²) in [6.07, 6.45) is 3.79. The van der Waals surface area contributed by atoms with Crippen LogP contribution in [0.4, 0.5) is 0 Å². The number of pyridine rings is 1. The van der Waals surface area contributed by atoms with E-state index in [1.54, 1.807) is 31.5 Å². The van der Waals surface area contributed by atoms with Gasteiger partial charge in [0.2, 0.25) is 0 Å². The molecule has 0 aliphatic carbocycles. The van der Waals surface area contributed by atoms with Gasteiger partial charge in [0.05, 0.1) is 31.7 Å². The van der Waals surface area contributed by atoms with Crippen LogP contribution in [-0.2, 0) is 19.1 Å². The summed E-state index contributed by atoms with van der Waals surface area (Å²) in [4.78, 5) is 30.1. The number of aliphatic hydroxyl groups is 1. The number of carbonyl (C=O) groups is 2. The smallest absolute Gasteiger partial charge is 0.312 e. The molecule has 2 rings (SSSR count). The number of piperidine rings is 1. The molecule has 138 valence electrons. The zero-order chi connectivity index (χ0) is 18.2. The largest absolute Gasteiger partial charge is 0.469 e. The van der Waals surface area contributed by atoms with Crippen LogP contribution in [0.5, 0.6) is 0 Å². The van der Waals surface area contributed by atoms with Crippen LogP contribution in [0, 0.1) is 11.8 Å². The van der Waals surface area contributed by atoms with Crippen molar-refractivity contribution in [2.75, 3.05) is 33.4 Å². The maximum absolute atomic E-state index is 12.2. The van der Waals surface area contributed by atoms with Crippen LogP contribution < -0.4 is 0 Å². The number of ether oxygens (including phenoxy) is 2. The number of esters is 2. The van der Waals surface area contributed by atoms with E-state index in [9.17, 15) is 14.7 Å². The van der Waals surface area contributed by atoms with Gasteiger partial charge in [0.1, 0.15) is 0 Å². The molecule has 7 heteroatoms. The fraction of sp³-hybridized carbons (Fsp3) is 0.611. The van der Waals surface area contributed by atoms with E-state index in [-0.39, 0.29) is 11.9 Å². The third kappa shape index (κ3) is 5.24. The van der Waals surface area contributed by atoms with Crippen molar-refractivity contribution in [1.29, 1.82) is 0 Å². The summed E-state index contributed by atoms with van der Waals surface area (Å²) in [5.74, 6) is -1.59. The van der Waals surface area contributed by atoms with Crippen molar-refractivity contribution in [2.45, 2.75) is 25.9 Å². The molecule has 0 unspecified atom stereocenters. The molecule has 0 bridgehead atoms. The first-order chi connectivity index (χ1) is 12.1. The van der Waals surface area contributed by atoms with Crippen LogP contribution in [0.15, 0.2) is 24.5 Å². The van der Waals surface area contributed by atoms with E-state index in [0.717, 1.165) is 19.4 Å². The summed E-state index contributed by atoms with van der Waals surface area (Å²) in [5.41, 5.74) is 0.615. The lowest BCUT2D eigenvalue weighted by Crippen LogP contribution is -2.44. The fourth-order valence-electron chi connectivity index (χ4n) is 3.20. The van der Waals surface area contributed by atoms with Gasteiger partial charge in [-0.2, -0.15) is 0 Å². The molecule has 1 aromatic heterocycles. The Morgan fingerprint density at radius 1 is 1.40 bits per heavy atom. The predicted octanol–water partition coefficient (Wildman–Crippen LogP) is 1.18. The number of rotatable bonds is 7. The first kappa shape index (κ1) is 19.3. The second-order valence-electron chi connectivity index (χ2n) is 6.21. The van der Waals surface area contributed by atoms with E-state index in [1.165, 1.54) is 7.11 Å². The Balaban J connectivity index is 2.06. The molecule has 1 fully saturated rings. The number of hydrogen-bond donors (Lipinski definition) is 1. The minimum Gasteiger partial charge on any atom is -0.469 e. The van der Waals surface area contributed by atoms with E-state index in [2.05, 4.69) is 4.98 Å². The Morgan fingerprint density at radius 2 is 2.12 bits per heavy atom. The number of carbonyl (C=O) groups excluding carboxylic acids is 2. The Labute approximate surface area is 147 Å². The number of methoxy groups -OCH3 is 1. The highest BCUT2D eigenvalue weighted by Gasteiger charge is 2.34. The second-order valence-corrected chi connectivity index (χ2v) is 6.21. The van der Waals surface area contributed by atoms with E-state index >= 15 is 0 Å². The van der Waals surface area contributed by atoms with Crippen molar-refractivity contribution < 1.29 is 24.2 Å². The molecule has 0 spiro atoms. The zero-order valence-corrected chi connectivity index (χ0v) is 14.8. The highest BCUT2D eigenvalue weighted by molar-refractivity contribution is 5.74. The molecule has 2 heterocycles. The Morgan fingerprint density at radius 3 is 2.76 bits per heavy atom. The predicted molar refractivity (Wildman–Crippen MR) is 90.5 cm³/mol. The number of nitrogens with zero attached hydrogens (tertiary/aromatic N) is 2. The summed E-state index contributed by atoms with van der Waals surface area (Å²) in [7, 11) is 1.31. The maximum atomic E-state index is 12.2. The van der Waals surface area contributed by atoms with E-state index in [4.69, 9.17) is 9.47 Å². The van der Waals surface area contributed by atoms with Crippen LogP contribution in [0.3, 0.4) is 0 Å². The molecule has 1 saturated heterocycles. The monoisotopic (exact) mass is 350 g/mol. The van der Waals surface area contributed by atoms with Crippen molar-refractivity contribution in [3.8, 4) is 0 Å². The summed E-state index contributed by atoms with van der Waals surface area (Å²) >= 11 is 0. The highest BCUT2D eigenvalue weighted by Crippen LogP contribution is 2.26. The van der Waals surface area contributed by atoms with Gasteiger partial charge in [-0.05, 0) is 44.0 Å². The highest BCUT2D eigenvalue weighted by atomic mass is 16.5. The molecule has 7 nitrogen and oxygen atoms in total. The Hall–Kier alpha value is -1.99. The topological polar surface area (TPSA) is 89.0 Å². The maximum Gasteiger partial charge on any atom is 0.312 e. The van der Waals surface area contributed by atoms with Crippen molar-refractivity contribution in [1.82, 2.24) is 9.88 Å². The van der Waals surface area contributed by atoms with Crippen LogP contribution in [0.2, 0.25) is 0 Å². The molecule has 1 aliphatic heterocycles. The molecule has 0 aromatic carbocycles. The molecule has 1 aliphatic rings. The number of likely N-dealkylation sites (tertiary alicyclic amines) is 1. The summed E-state index contributed by atoms with van der Waals surface area (Å²) in [6.45, 7) is 3.77. The van der Waals surface area contributed by atoms with Crippen LogP contribution in [0.1, 0.15) is 31.4 Å². The third-order valence-corrected chi connectivity index (χ3v) is 4.51. The van der Waals surface area contributed by atoms with Gasteiger partial charge in [-0.1, -0.05) is 0 Å². The van der Waals surface area contributed by atoms with E-state index in [0.29, 0.717) is 25.3 Å². The van der Waals surface area contributed by atoms with Crippen LogP contribution in [0.25, 0.3) is 0 Å². The van der Waals surface area contributed by atoms with Gasteiger partial charge in [0, 0.05) is 25.5 Å². The van der Waals surface area contributed by atoms with Crippen molar-refractivity contribution in [3.05, 3.63) is 30.1 Å². The van der Waals surface area contributed by atoms with Gasteiger partial charge in [-0.25, -0.2) is 0 Å². The van der Waals surface area contributed by atoms with Gasteiger partial charge < -0.3 is 19.5 Å². The summed E-state index contributed by atoms with van der Waals surface area (Å²) < 4.78 is 9.98. The third-order valence-electron chi connectivity index (χ3n) is 4.51. The van der Waals surface area contributed by atoms with Crippen molar-refractivity contribution >= 4 is 11.9 Å². The van der Waals surface area contributed by atoms with Crippen molar-refractivity contribution in [3.63, 3.8) is 0 Å². The molecule has 1 N–H and O–H groups in total. The SMILES string of the molecule is CCOC(=O)[C@@H]1CCCN(C[C@H](C(=O)OC)[C@@H](O)c2ccncc2)C1. The van der Waals surface area contributed by atoms with Gasteiger partial charge in [0.15, 0.2) is 0 Å². The second kappa shape index (κ2) is 9.48. The first-order valence-electron chi connectivity index (χ1n) is 8.61. The minimum absolute atomic E-state index is 0.190. The molecular formula is C18H26N2O5. The lowest BCUT2D eigenvalue weighted by molar-refractivity contribution is -0.152. The molecular weight excluding hydrogens is 324 g/mol. The van der Waals surface area contributed by atoms with Crippen LogP contribution >= 0.6 is 0 Å². The van der Waals surface area contributed by atoms with Gasteiger partial charge in [-0.3, -0.25) is 14.6 Å². The lowest BCUT2D eigenvalue weighted by atomic mass is 9.93. The molecule has 0 saturated carbocycles. The van der Waals surface area contributed by atoms with Crippen LogP contribution in [-0.4, -0.2) is 60.3 Å². The summed E-state index contributed by atoms with van der Waals surface area (Å²) in [6, 6.07) is 3.36. The van der Waals surface area contributed by atoms with Gasteiger partial charge in [0.25, 0.3) is 0 Å². The molecule has 3 atom stereocenters. The fourth-order valence-corrected chi connectivity index (χ4v) is 3.20. The quantitative estimate of drug-likeness (QED) is 0.739. The molecule has 1 aromatic rings. The zero-order valence-electron chi connectivity index (χ0n) is 14.8. The Kier molecular flexibility index (Phi) is 7.33. The summed E-state index contributed by atoms with van der Waals surface area (Å²) in [5, 5.41) is 10.6. The average Bonchev–Trinajstić information content (AvgIpc) is 2.66. The normalized spacial score (nSPS) is 20.5. The number of hydrogen-bond acceptors (Lipinski definition) is 7. The Bertz CT molecular complexity index is 566. The van der Waals surface area contributed by atoms with E-state index in [1.807, 2.05) is 4.90 Å². The standard InChI is InChI=1S/C18H26N2O5/c1-3-25-17(22)14-5-4-10-20(11-14)12-15(18(23)24-2)16(21)13-6-8-19-9-7-13/h6-9,14-16,21H,3-5,10-12H2,1-2H3/t14-,15+,16+/m1/s1. The van der Waals surface area contributed by atoms with Gasteiger partial charge >= 0.3 is 11.9 Å². The first-order valence-corrected chi connectivity index (χ1v) is 8.61. The average molecular weight is 350 g/mol. The van der Waals surface area contributed by atoms with E-state index < -0.39 is 18.0 Å². The lowest BCUT2D eigenvalue weighted by Gasteiger charge is -2.34. The number of aliphatic hydroxyl groups excluding tert-OH is 1. The number of aromatic nitrogens is 1. The molecule has 0 amide bonds. The van der Waals surface area contributed by atoms with Crippen molar-refractivity contribution in [2.24, 2.45) is 11.8 Å². The minimum atomic E-state index is -0.988. The molecule has 0 radical (unpaired) electrons. The molecule has 25 heavy (non-hydrogen) atoms.